The Bertz CT molecular complexity index is 560. The van der Waals surface area contributed by atoms with E-state index in [2.05, 4.69) is 63.2 Å². The van der Waals surface area contributed by atoms with Gasteiger partial charge in [0.15, 0.2) is 0 Å². The van der Waals surface area contributed by atoms with E-state index in [9.17, 15) is 0 Å². The van der Waals surface area contributed by atoms with Crippen LogP contribution in [-0.4, -0.2) is 5.75 Å². The van der Waals surface area contributed by atoms with Crippen LogP contribution in [0, 0.1) is 13.8 Å². The number of aryl methyl sites for hydroxylation is 3. The van der Waals surface area contributed by atoms with Crippen molar-refractivity contribution in [1.82, 2.24) is 0 Å². The predicted molar refractivity (Wildman–Crippen MR) is 89.4 cm³/mol. The Morgan fingerprint density at radius 1 is 1.00 bits per heavy atom. The van der Waals surface area contributed by atoms with Gasteiger partial charge in [0, 0.05) is 16.7 Å². The number of hydrogen-bond donors (Lipinski definition) is 1. The van der Waals surface area contributed by atoms with E-state index >= 15 is 0 Å². The molecule has 0 aromatic heterocycles. The summed E-state index contributed by atoms with van der Waals surface area (Å²) >= 11 is 1.83. The molecule has 0 fully saturated rings. The zero-order valence-electron chi connectivity index (χ0n) is 12.5. The lowest BCUT2D eigenvalue weighted by molar-refractivity contribution is 0.830. The molecular formula is C18H23NS. The highest BCUT2D eigenvalue weighted by Crippen LogP contribution is 2.25. The predicted octanol–water partition coefficient (Wildman–Crippen LogP) is 4.66. The second kappa shape index (κ2) is 6.96. The summed E-state index contributed by atoms with van der Waals surface area (Å²) in [7, 11) is 0. The SMILES string of the molecule is CCc1ccc(C(N)CSc2ccc(C)c(C)c2)cc1. The van der Waals surface area contributed by atoms with Crippen LogP contribution in [0.1, 0.15) is 35.2 Å². The molecule has 0 heterocycles. The van der Waals surface area contributed by atoms with Crippen molar-refractivity contribution in [3.63, 3.8) is 0 Å². The zero-order valence-corrected chi connectivity index (χ0v) is 13.3. The Morgan fingerprint density at radius 3 is 2.30 bits per heavy atom. The Hall–Kier alpha value is -1.25. The fourth-order valence-electron chi connectivity index (χ4n) is 2.09. The number of hydrogen-bond acceptors (Lipinski definition) is 2. The van der Waals surface area contributed by atoms with Crippen LogP contribution in [-0.2, 0) is 6.42 Å². The normalized spacial score (nSPS) is 12.4. The van der Waals surface area contributed by atoms with Crippen LogP contribution in [0.5, 0.6) is 0 Å². The average Bonchev–Trinajstić information content (AvgIpc) is 2.48. The van der Waals surface area contributed by atoms with Gasteiger partial charge >= 0.3 is 0 Å². The van der Waals surface area contributed by atoms with Crippen molar-refractivity contribution in [3.8, 4) is 0 Å². The summed E-state index contributed by atoms with van der Waals surface area (Å²) in [5.74, 6) is 0.911. The summed E-state index contributed by atoms with van der Waals surface area (Å²) in [5, 5.41) is 0. The van der Waals surface area contributed by atoms with Gasteiger partial charge in [-0.3, -0.25) is 0 Å². The topological polar surface area (TPSA) is 26.0 Å². The number of nitrogens with two attached hydrogens (primary N) is 1. The molecule has 0 aliphatic rings. The quantitative estimate of drug-likeness (QED) is 0.809. The highest BCUT2D eigenvalue weighted by Gasteiger charge is 2.07. The molecule has 0 aliphatic carbocycles. The van der Waals surface area contributed by atoms with Crippen molar-refractivity contribution in [3.05, 3.63) is 64.7 Å². The minimum absolute atomic E-state index is 0.0903. The molecule has 0 bridgehead atoms. The highest BCUT2D eigenvalue weighted by atomic mass is 32.2. The molecule has 1 unspecified atom stereocenters. The number of rotatable bonds is 5. The molecular weight excluding hydrogens is 262 g/mol. The van der Waals surface area contributed by atoms with E-state index in [1.54, 1.807) is 0 Å². The van der Waals surface area contributed by atoms with Crippen LogP contribution < -0.4 is 5.73 Å². The molecule has 1 atom stereocenters. The second-order valence-corrected chi connectivity index (χ2v) is 6.35. The van der Waals surface area contributed by atoms with Crippen LogP contribution in [0.25, 0.3) is 0 Å². The van der Waals surface area contributed by atoms with Gasteiger partial charge in [0.25, 0.3) is 0 Å². The Morgan fingerprint density at radius 2 is 1.70 bits per heavy atom. The smallest absolute Gasteiger partial charge is 0.0390 e. The lowest BCUT2D eigenvalue weighted by atomic mass is 10.1. The Kier molecular flexibility index (Phi) is 5.27. The van der Waals surface area contributed by atoms with Gasteiger partial charge in [0.1, 0.15) is 0 Å². The van der Waals surface area contributed by atoms with E-state index in [0.29, 0.717) is 0 Å². The summed E-state index contributed by atoms with van der Waals surface area (Å²) in [6.07, 6.45) is 1.08. The molecule has 1 nitrogen and oxygen atoms in total. The maximum absolute atomic E-state index is 6.28. The van der Waals surface area contributed by atoms with Gasteiger partial charge < -0.3 is 5.73 Å². The second-order valence-electron chi connectivity index (χ2n) is 5.26. The van der Waals surface area contributed by atoms with Gasteiger partial charge in [0.05, 0.1) is 0 Å². The number of benzene rings is 2. The maximum Gasteiger partial charge on any atom is 0.0390 e. The van der Waals surface area contributed by atoms with Gasteiger partial charge in [-0.25, -0.2) is 0 Å². The monoisotopic (exact) mass is 285 g/mol. The molecule has 106 valence electrons. The Balaban J connectivity index is 1.96. The van der Waals surface area contributed by atoms with Gasteiger partial charge in [-0.1, -0.05) is 37.3 Å². The molecule has 0 radical (unpaired) electrons. The van der Waals surface area contributed by atoms with E-state index in [-0.39, 0.29) is 6.04 Å². The first-order valence-electron chi connectivity index (χ1n) is 7.14. The van der Waals surface area contributed by atoms with E-state index in [1.165, 1.54) is 27.1 Å². The first-order chi connectivity index (χ1) is 9.60. The van der Waals surface area contributed by atoms with Crippen molar-refractivity contribution >= 4 is 11.8 Å². The largest absolute Gasteiger partial charge is 0.323 e. The van der Waals surface area contributed by atoms with Crippen LogP contribution in [0.2, 0.25) is 0 Å². The fourth-order valence-corrected chi connectivity index (χ4v) is 3.08. The molecule has 2 rings (SSSR count). The van der Waals surface area contributed by atoms with E-state index in [0.717, 1.165) is 12.2 Å². The van der Waals surface area contributed by atoms with Gasteiger partial charge in [0.2, 0.25) is 0 Å². The molecule has 0 saturated carbocycles. The Labute approximate surface area is 126 Å². The third-order valence-electron chi connectivity index (χ3n) is 3.72. The van der Waals surface area contributed by atoms with Gasteiger partial charge in [-0.15, -0.1) is 11.8 Å². The van der Waals surface area contributed by atoms with Gasteiger partial charge in [-0.2, -0.15) is 0 Å². The first-order valence-corrected chi connectivity index (χ1v) is 8.13. The molecule has 2 aromatic rings. The van der Waals surface area contributed by atoms with Crippen molar-refractivity contribution in [1.29, 1.82) is 0 Å². The minimum Gasteiger partial charge on any atom is -0.323 e. The summed E-state index contributed by atoms with van der Waals surface area (Å²) < 4.78 is 0. The van der Waals surface area contributed by atoms with E-state index in [1.807, 2.05) is 11.8 Å². The summed E-state index contributed by atoms with van der Waals surface area (Å²) in [4.78, 5) is 1.30. The van der Waals surface area contributed by atoms with E-state index < -0.39 is 0 Å². The van der Waals surface area contributed by atoms with Crippen LogP contribution >= 0.6 is 11.8 Å². The average molecular weight is 285 g/mol. The standard InChI is InChI=1S/C18H23NS/c1-4-15-6-8-16(9-7-15)18(19)12-20-17-10-5-13(2)14(3)11-17/h5-11,18H,4,12,19H2,1-3H3. The summed E-state index contributed by atoms with van der Waals surface area (Å²) in [6, 6.07) is 15.4. The minimum atomic E-state index is 0.0903. The first kappa shape index (κ1) is 15.1. The lowest BCUT2D eigenvalue weighted by Crippen LogP contribution is -2.12. The van der Waals surface area contributed by atoms with Crippen molar-refractivity contribution in [2.45, 2.75) is 38.1 Å². The lowest BCUT2D eigenvalue weighted by Gasteiger charge is -2.13. The number of thioether (sulfide) groups is 1. The maximum atomic E-state index is 6.28. The summed E-state index contributed by atoms with van der Waals surface area (Å²) in [6.45, 7) is 6.47. The molecule has 2 N–H and O–H groups in total. The zero-order chi connectivity index (χ0) is 14.5. The molecule has 0 aliphatic heterocycles. The molecule has 0 saturated heterocycles. The summed E-state index contributed by atoms with van der Waals surface area (Å²) in [5.41, 5.74) is 11.6. The van der Waals surface area contributed by atoms with E-state index in [4.69, 9.17) is 5.73 Å². The third kappa shape index (κ3) is 3.87. The molecule has 20 heavy (non-hydrogen) atoms. The molecule has 0 amide bonds. The van der Waals surface area contributed by atoms with Crippen molar-refractivity contribution in [2.24, 2.45) is 5.73 Å². The highest BCUT2D eigenvalue weighted by molar-refractivity contribution is 7.99. The molecule has 0 spiro atoms. The van der Waals surface area contributed by atoms with Crippen LogP contribution in [0.3, 0.4) is 0 Å². The van der Waals surface area contributed by atoms with Crippen molar-refractivity contribution in [2.75, 3.05) is 5.75 Å². The molecule has 2 heteroatoms. The van der Waals surface area contributed by atoms with Crippen molar-refractivity contribution < 1.29 is 0 Å². The van der Waals surface area contributed by atoms with Crippen LogP contribution in [0.15, 0.2) is 47.4 Å². The van der Waals surface area contributed by atoms with Crippen LogP contribution in [0.4, 0.5) is 0 Å². The molecule has 2 aromatic carbocycles. The fraction of sp³-hybridized carbons (Fsp3) is 0.333. The van der Waals surface area contributed by atoms with Gasteiger partial charge in [-0.05, 0) is 54.7 Å². The third-order valence-corrected chi connectivity index (χ3v) is 4.84.